The molecule has 1 saturated carbocycles. The molecule has 0 saturated heterocycles. The predicted molar refractivity (Wildman–Crippen MR) is 82.7 cm³/mol. The Bertz CT molecular complexity index is 476. The second kappa shape index (κ2) is 6.04. The van der Waals surface area contributed by atoms with Crippen molar-refractivity contribution < 1.29 is 4.39 Å². The lowest BCUT2D eigenvalue weighted by molar-refractivity contribution is 0.234. The van der Waals surface area contributed by atoms with Gasteiger partial charge in [0.25, 0.3) is 0 Å². The second-order valence-corrected chi connectivity index (χ2v) is 7.11. The first-order valence-electron chi connectivity index (χ1n) is 7.53. The Balaban J connectivity index is 1.63. The number of nitrogens with one attached hydrogen (secondary N) is 1. The summed E-state index contributed by atoms with van der Waals surface area (Å²) in [6.07, 6.45) is 3.77. The van der Waals surface area contributed by atoms with Crippen molar-refractivity contribution in [2.75, 3.05) is 19.3 Å². The molecule has 0 amide bonds. The van der Waals surface area contributed by atoms with Crippen LogP contribution in [0.4, 0.5) is 4.39 Å². The first-order chi connectivity index (χ1) is 9.66. The molecular weight excluding hydrogens is 271 g/mol. The monoisotopic (exact) mass is 294 g/mol. The normalized spacial score (nSPS) is 23.7. The average Bonchev–Trinajstić information content (AvgIpc) is 3.29. The third-order valence-corrected chi connectivity index (χ3v) is 5.66. The number of nitrogens with zero attached hydrogens (tertiary/aromatic N) is 1. The zero-order chi connectivity index (χ0) is 14.1. The minimum Gasteiger partial charge on any atom is -0.308 e. The maximum Gasteiger partial charge on any atom is 0.137 e. The minimum absolute atomic E-state index is 0.0675. The Hall–Kier alpha value is -0.580. The third-order valence-electron chi connectivity index (χ3n) is 4.50. The summed E-state index contributed by atoms with van der Waals surface area (Å²) in [7, 11) is 2.22. The van der Waals surface area contributed by atoms with Crippen molar-refractivity contribution in [3.63, 3.8) is 0 Å². The van der Waals surface area contributed by atoms with Gasteiger partial charge >= 0.3 is 0 Å². The van der Waals surface area contributed by atoms with Gasteiger partial charge in [-0.05, 0) is 50.6 Å². The SMILES string of the molecule is CC(CNC1CCSc2c(F)cccc21)N(C)C1CC1. The molecule has 2 aliphatic rings. The van der Waals surface area contributed by atoms with Crippen molar-refractivity contribution in [3.8, 4) is 0 Å². The lowest BCUT2D eigenvalue weighted by Gasteiger charge is -2.30. The number of halogens is 1. The minimum atomic E-state index is -0.0675. The summed E-state index contributed by atoms with van der Waals surface area (Å²) in [5.74, 6) is 0.931. The van der Waals surface area contributed by atoms with E-state index in [0.29, 0.717) is 12.1 Å². The summed E-state index contributed by atoms with van der Waals surface area (Å²) in [6.45, 7) is 3.24. The zero-order valence-electron chi connectivity index (χ0n) is 12.2. The molecule has 1 aromatic rings. The number of hydrogen-bond acceptors (Lipinski definition) is 3. The number of benzene rings is 1. The van der Waals surface area contributed by atoms with E-state index >= 15 is 0 Å². The highest BCUT2D eigenvalue weighted by atomic mass is 32.2. The lowest BCUT2D eigenvalue weighted by Crippen LogP contribution is -2.40. The van der Waals surface area contributed by atoms with Gasteiger partial charge in [0.2, 0.25) is 0 Å². The quantitative estimate of drug-likeness (QED) is 0.895. The summed E-state index contributed by atoms with van der Waals surface area (Å²) in [5.41, 5.74) is 1.14. The number of hydrogen-bond donors (Lipinski definition) is 1. The van der Waals surface area contributed by atoms with Gasteiger partial charge in [-0.25, -0.2) is 4.39 Å². The van der Waals surface area contributed by atoms with Gasteiger partial charge in [-0.3, -0.25) is 4.90 Å². The molecule has 3 rings (SSSR count). The molecule has 0 radical (unpaired) electrons. The predicted octanol–water partition coefficient (Wildman–Crippen LogP) is 3.43. The van der Waals surface area contributed by atoms with Crippen LogP contribution in [0.3, 0.4) is 0 Å². The van der Waals surface area contributed by atoms with Gasteiger partial charge in [0.05, 0.1) is 0 Å². The van der Waals surface area contributed by atoms with E-state index in [0.717, 1.165) is 35.2 Å². The van der Waals surface area contributed by atoms with E-state index in [-0.39, 0.29) is 5.82 Å². The average molecular weight is 294 g/mol. The van der Waals surface area contributed by atoms with E-state index in [1.807, 2.05) is 6.07 Å². The van der Waals surface area contributed by atoms with Crippen LogP contribution in [0.1, 0.15) is 37.8 Å². The molecule has 1 aliphatic carbocycles. The highest BCUT2D eigenvalue weighted by molar-refractivity contribution is 7.99. The van der Waals surface area contributed by atoms with Crippen LogP contribution in [0, 0.1) is 5.82 Å². The van der Waals surface area contributed by atoms with E-state index < -0.39 is 0 Å². The van der Waals surface area contributed by atoms with Crippen LogP contribution in [0.2, 0.25) is 0 Å². The van der Waals surface area contributed by atoms with Gasteiger partial charge < -0.3 is 5.32 Å². The van der Waals surface area contributed by atoms with Gasteiger partial charge in [0, 0.05) is 29.6 Å². The zero-order valence-corrected chi connectivity index (χ0v) is 13.0. The van der Waals surface area contributed by atoms with E-state index in [9.17, 15) is 4.39 Å². The summed E-state index contributed by atoms with van der Waals surface area (Å²) >= 11 is 1.65. The smallest absolute Gasteiger partial charge is 0.137 e. The Morgan fingerprint density at radius 3 is 2.95 bits per heavy atom. The molecule has 1 heterocycles. The van der Waals surface area contributed by atoms with Gasteiger partial charge in [-0.2, -0.15) is 0 Å². The van der Waals surface area contributed by atoms with Crippen LogP contribution < -0.4 is 5.32 Å². The summed E-state index contributed by atoms with van der Waals surface area (Å²) in [4.78, 5) is 3.32. The molecule has 2 unspecified atom stereocenters. The summed E-state index contributed by atoms with van der Waals surface area (Å²) in [6, 6.07) is 7.09. The number of thioether (sulfide) groups is 1. The molecule has 1 aliphatic heterocycles. The maximum absolute atomic E-state index is 13.8. The Labute approximate surface area is 125 Å². The van der Waals surface area contributed by atoms with Crippen LogP contribution in [0.15, 0.2) is 23.1 Å². The van der Waals surface area contributed by atoms with Gasteiger partial charge in [-0.15, -0.1) is 11.8 Å². The van der Waals surface area contributed by atoms with E-state index in [1.54, 1.807) is 17.8 Å². The molecule has 2 nitrogen and oxygen atoms in total. The fraction of sp³-hybridized carbons (Fsp3) is 0.625. The van der Waals surface area contributed by atoms with Crippen LogP contribution in [-0.2, 0) is 0 Å². The standard InChI is InChI=1S/C16H23FN2S/c1-11(19(2)12-6-7-12)10-18-15-8-9-20-16-13(15)4-3-5-14(16)17/h3-5,11-12,15,18H,6-10H2,1-2H3. The lowest BCUT2D eigenvalue weighted by atomic mass is 10.0. The number of rotatable bonds is 5. The second-order valence-electron chi connectivity index (χ2n) is 6.00. The van der Waals surface area contributed by atoms with Crippen molar-refractivity contribution in [2.24, 2.45) is 0 Å². The highest BCUT2D eigenvalue weighted by Crippen LogP contribution is 2.37. The van der Waals surface area contributed by atoms with Gasteiger partial charge in [0.15, 0.2) is 0 Å². The van der Waals surface area contributed by atoms with Crippen LogP contribution >= 0.6 is 11.8 Å². The number of fused-ring (bicyclic) bond motifs is 1. The van der Waals surface area contributed by atoms with Crippen molar-refractivity contribution in [2.45, 2.75) is 49.2 Å². The van der Waals surface area contributed by atoms with Crippen LogP contribution in [-0.4, -0.2) is 36.3 Å². The maximum atomic E-state index is 13.8. The topological polar surface area (TPSA) is 15.3 Å². The highest BCUT2D eigenvalue weighted by Gasteiger charge is 2.30. The van der Waals surface area contributed by atoms with Crippen molar-refractivity contribution in [1.82, 2.24) is 10.2 Å². The van der Waals surface area contributed by atoms with Gasteiger partial charge in [-0.1, -0.05) is 12.1 Å². The van der Waals surface area contributed by atoms with E-state index in [4.69, 9.17) is 0 Å². The van der Waals surface area contributed by atoms with Crippen molar-refractivity contribution in [1.29, 1.82) is 0 Å². The Morgan fingerprint density at radius 2 is 2.20 bits per heavy atom. The molecule has 0 aromatic heterocycles. The molecule has 4 heteroatoms. The molecule has 20 heavy (non-hydrogen) atoms. The Kier molecular flexibility index (Phi) is 4.34. The van der Waals surface area contributed by atoms with Crippen molar-refractivity contribution >= 4 is 11.8 Å². The first-order valence-corrected chi connectivity index (χ1v) is 8.52. The first kappa shape index (κ1) is 14.4. The molecule has 2 atom stereocenters. The van der Waals surface area contributed by atoms with Crippen LogP contribution in [0.5, 0.6) is 0 Å². The van der Waals surface area contributed by atoms with E-state index in [1.165, 1.54) is 12.8 Å². The molecule has 1 fully saturated rings. The van der Waals surface area contributed by atoms with Crippen molar-refractivity contribution in [3.05, 3.63) is 29.6 Å². The Morgan fingerprint density at radius 1 is 1.40 bits per heavy atom. The summed E-state index contributed by atoms with van der Waals surface area (Å²) in [5, 5.41) is 3.65. The molecule has 110 valence electrons. The fourth-order valence-electron chi connectivity index (χ4n) is 2.90. The van der Waals surface area contributed by atoms with E-state index in [2.05, 4.69) is 30.3 Å². The third kappa shape index (κ3) is 3.02. The number of likely N-dealkylation sites (N-methyl/N-ethyl adjacent to an activating group) is 1. The molecule has 1 N–H and O–H groups in total. The molecular formula is C16H23FN2S. The largest absolute Gasteiger partial charge is 0.308 e. The summed E-state index contributed by atoms with van der Waals surface area (Å²) < 4.78 is 13.8. The van der Waals surface area contributed by atoms with Gasteiger partial charge in [0.1, 0.15) is 5.82 Å². The molecule has 1 aromatic carbocycles. The van der Waals surface area contributed by atoms with Crippen LogP contribution in [0.25, 0.3) is 0 Å². The molecule has 0 spiro atoms. The fourth-order valence-corrected chi connectivity index (χ4v) is 4.04. The molecule has 0 bridgehead atoms.